The molecule has 0 unspecified atom stereocenters. The molecule has 0 spiro atoms. The normalized spacial score (nSPS) is 11.3. The Bertz CT molecular complexity index is 833. The number of anilines is 1. The molecule has 3 rings (SSSR count). The molecular formula is C15H19N7O. The molecule has 0 atom stereocenters. The van der Waals surface area contributed by atoms with E-state index in [1.807, 2.05) is 38.1 Å². The molecule has 1 amide bonds. The number of nitrogens with one attached hydrogen (secondary N) is 2. The molecule has 0 aliphatic rings. The van der Waals surface area contributed by atoms with Gasteiger partial charge < -0.3 is 10.2 Å². The number of benzene rings is 1. The van der Waals surface area contributed by atoms with Crippen LogP contribution in [-0.2, 0) is 6.54 Å². The maximum atomic E-state index is 12.3. The van der Waals surface area contributed by atoms with Crippen LogP contribution in [0.5, 0.6) is 0 Å². The predicted molar refractivity (Wildman–Crippen MR) is 87.4 cm³/mol. The Balaban J connectivity index is 1.76. The zero-order chi connectivity index (χ0) is 16.4. The van der Waals surface area contributed by atoms with Crippen LogP contribution in [0, 0.1) is 6.92 Å². The molecular weight excluding hydrogens is 294 g/mol. The van der Waals surface area contributed by atoms with Gasteiger partial charge in [0.25, 0.3) is 5.91 Å². The van der Waals surface area contributed by atoms with Gasteiger partial charge in [0.2, 0.25) is 0 Å². The second kappa shape index (κ2) is 6.17. The molecule has 1 aromatic carbocycles. The Hall–Kier alpha value is -2.74. The first-order chi connectivity index (χ1) is 11.0. The Morgan fingerprint density at radius 1 is 1.39 bits per heavy atom. The number of hydrogen-bond donors (Lipinski definition) is 2. The summed E-state index contributed by atoms with van der Waals surface area (Å²) in [7, 11) is 3.97. The molecule has 2 N–H and O–H groups in total. The lowest BCUT2D eigenvalue weighted by atomic mass is 10.1. The highest BCUT2D eigenvalue weighted by Gasteiger charge is 2.14. The van der Waals surface area contributed by atoms with E-state index < -0.39 is 0 Å². The highest BCUT2D eigenvalue weighted by molar-refractivity contribution is 6.07. The Labute approximate surface area is 133 Å². The Morgan fingerprint density at radius 3 is 3.00 bits per heavy atom. The van der Waals surface area contributed by atoms with Crippen molar-refractivity contribution in [1.82, 2.24) is 30.1 Å². The van der Waals surface area contributed by atoms with E-state index in [4.69, 9.17) is 0 Å². The number of amides is 1. The minimum atomic E-state index is -0.291. The fourth-order valence-electron chi connectivity index (χ4n) is 2.28. The molecule has 0 bridgehead atoms. The van der Waals surface area contributed by atoms with Crippen LogP contribution in [-0.4, -0.2) is 56.6 Å². The topological polar surface area (TPSA) is 91.7 Å². The SMILES string of the molecule is Cc1ccc(NC(=O)c2cn(CCN(C)C)nn2)c2[nH]ncc12. The monoisotopic (exact) mass is 313 g/mol. The summed E-state index contributed by atoms with van der Waals surface area (Å²) in [4.78, 5) is 14.4. The zero-order valence-corrected chi connectivity index (χ0v) is 13.4. The van der Waals surface area contributed by atoms with E-state index in [1.54, 1.807) is 17.1 Å². The molecule has 0 aliphatic carbocycles. The van der Waals surface area contributed by atoms with Crippen molar-refractivity contribution in [2.24, 2.45) is 0 Å². The fraction of sp³-hybridized carbons (Fsp3) is 0.333. The summed E-state index contributed by atoms with van der Waals surface area (Å²) in [6, 6.07) is 3.80. The summed E-state index contributed by atoms with van der Waals surface area (Å²) in [5, 5.41) is 18.7. The summed E-state index contributed by atoms with van der Waals surface area (Å²) < 4.78 is 1.66. The van der Waals surface area contributed by atoms with E-state index in [0.717, 1.165) is 23.0 Å². The van der Waals surface area contributed by atoms with Gasteiger partial charge in [0.1, 0.15) is 0 Å². The van der Waals surface area contributed by atoms with Crippen molar-refractivity contribution in [2.45, 2.75) is 13.5 Å². The highest BCUT2D eigenvalue weighted by Crippen LogP contribution is 2.24. The van der Waals surface area contributed by atoms with Crippen molar-refractivity contribution < 1.29 is 4.79 Å². The van der Waals surface area contributed by atoms with Gasteiger partial charge in [-0.25, -0.2) is 0 Å². The van der Waals surface area contributed by atoms with E-state index in [9.17, 15) is 4.79 Å². The van der Waals surface area contributed by atoms with E-state index in [0.29, 0.717) is 12.2 Å². The molecule has 0 saturated heterocycles. The van der Waals surface area contributed by atoms with Gasteiger partial charge >= 0.3 is 0 Å². The van der Waals surface area contributed by atoms with Crippen LogP contribution in [0.4, 0.5) is 5.69 Å². The van der Waals surface area contributed by atoms with Crippen LogP contribution in [0.15, 0.2) is 24.5 Å². The molecule has 2 heterocycles. The lowest BCUT2D eigenvalue weighted by molar-refractivity contribution is 0.102. The van der Waals surface area contributed by atoms with Crippen molar-refractivity contribution in [1.29, 1.82) is 0 Å². The molecule has 23 heavy (non-hydrogen) atoms. The van der Waals surface area contributed by atoms with Crippen LogP contribution in [0.2, 0.25) is 0 Å². The van der Waals surface area contributed by atoms with Gasteiger partial charge in [-0.2, -0.15) is 5.10 Å². The minimum Gasteiger partial charge on any atom is -0.319 e. The summed E-state index contributed by atoms with van der Waals surface area (Å²) in [6.45, 7) is 3.51. The maximum Gasteiger partial charge on any atom is 0.277 e. The van der Waals surface area contributed by atoms with Crippen molar-refractivity contribution in [3.05, 3.63) is 35.8 Å². The summed E-state index contributed by atoms with van der Waals surface area (Å²) in [5.74, 6) is -0.291. The largest absolute Gasteiger partial charge is 0.319 e. The molecule has 0 aliphatic heterocycles. The first-order valence-electron chi connectivity index (χ1n) is 7.33. The molecule has 0 radical (unpaired) electrons. The standard InChI is InChI=1S/C15H19N7O/c1-10-4-5-12(14-11(10)8-16-19-14)17-15(23)13-9-22(20-18-13)7-6-21(2)3/h4-5,8-9H,6-7H2,1-3H3,(H,16,19)(H,17,23). The molecule has 0 saturated carbocycles. The number of aryl methyl sites for hydroxylation is 1. The van der Waals surface area contributed by atoms with Gasteiger partial charge in [0.05, 0.1) is 30.1 Å². The number of fused-ring (bicyclic) bond motifs is 1. The predicted octanol–water partition coefficient (Wildman–Crippen LogP) is 1.28. The Morgan fingerprint density at radius 2 is 2.22 bits per heavy atom. The maximum absolute atomic E-state index is 12.3. The second-order valence-corrected chi connectivity index (χ2v) is 5.71. The van der Waals surface area contributed by atoms with E-state index in [1.165, 1.54) is 0 Å². The van der Waals surface area contributed by atoms with Crippen LogP contribution < -0.4 is 5.32 Å². The number of aromatic amines is 1. The van der Waals surface area contributed by atoms with Crippen molar-refractivity contribution in [2.75, 3.05) is 26.0 Å². The number of aromatic nitrogens is 5. The first kappa shape index (κ1) is 15.2. The number of carbonyl (C=O) groups is 1. The van der Waals surface area contributed by atoms with Gasteiger partial charge in [0, 0.05) is 11.9 Å². The third kappa shape index (κ3) is 3.21. The lowest BCUT2D eigenvalue weighted by Gasteiger charge is -2.08. The van der Waals surface area contributed by atoms with Crippen LogP contribution in [0.3, 0.4) is 0 Å². The minimum absolute atomic E-state index is 0.289. The summed E-state index contributed by atoms with van der Waals surface area (Å²) in [5.41, 5.74) is 2.87. The summed E-state index contributed by atoms with van der Waals surface area (Å²) in [6.07, 6.45) is 3.40. The average molecular weight is 313 g/mol. The molecule has 120 valence electrons. The van der Waals surface area contributed by atoms with Crippen molar-refractivity contribution >= 4 is 22.5 Å². The summed E-state index contributed by atoms with van der Waals surface area (Å²) >= 11 is 0. The van der Waals surface area contributed by atoms with Gasteiger partial charge in [-0.1, -0.05) is 11.3 Å². The lowest BCUT2D eigenvalue weighted by Crippen LogP contribution is -2.18. The number of carbonyl (C=O) groups excluding carboxylic acids is 1. The fourth-order valence-corrected chi connectivity index (χ4v) is 2.28. The van der Waals surface area contributed by atoms with E-state index in [2.05, 4.69) is 25.8 Å². The molecule has 8 heteroatoms. The number of nitrogens with zero attached hydrogens (tertiary/aromatic N) is 5. The van der Waals surface area contributed by atoms with Gasteiger partial charge in [-0.15, -0.1) is 5.10 Å². The van der Waals surface area contributed by atoms with Gasteiger partial charge in [-0.05, 0) is 32.6 Å². The van der Waals surface area contributed by atoms with Gasteiger partial charge in [-0.3, -0.25) is 14.6 Å². The quantitative estimate of drug-likeness (QED) is 0.740. The average Bonchev–Trinajstić information content (AvgIpc) is 3.17. The third-order valence-electron chi connectivity index (χ3n) is 3.63. The number of rotatable bonds is 5. The van der Waals surface area contributed by atoms with E-state index >= 15 is 0 Å². The van der Waals surface area contributed by atoms with Crippen LogP contribution >= 0.6 is 0 Å². The molecule has 8 nitrogen and oxygen atoms in total. The zero-order valence-electron chi connectivity index (χ0n) is 13.4. The third-order valence-corrected chi connectivity index (χ3v) is 3.63. The molecule has 0 fully saturated rings. The van der Waals surface area contributed by atoms with Crippen molar-refractivity contribution in [3.63, 3.8) is 0 Å². The highest BCUT2D eigenvalue weighted by atomic mass is 16.2. The number of hydrogen-bond acceptors (Lipinski definition) is 5. The van der Waals surface area contributed by atoms with Crippen LogP contribution in [0.1, 0.15) is 16.1 Å². The Kier molecular flexibility index (Phi) is 4.07. The van der Waals surface area contributed by atoms with Crippen LogP contribution in [0.25, 0.3) is 10.9 Å². The first-order valence-corrected chi connectivity index (χ1v) is 7.33. The molecule has 2 aromatic heterocycles. The smallest absolute Gasteiger partial charge is 0.277 e. The molecule has 3 aromatic rings. The number of likely N-dealkylation sites (N-methyl/N-ethyl adjacent to an activating group) is 1. The second-order valence-electron chi connectivity index (χ2n) is 5.71. The van der Waals surface area contributed by atoms with E-state index in [-0.39, 0.29) is 11.6 Å². The van der Waals surface area contributed by atoms with Gasteiger partial charge in [0.15, 0.2) is 5.69 Å². The number of H-pyrrole nitrogens is 1. The van der Waals surface area contributed by atoms with Crippen molar-refractivity contribution in [3.8, 4) is 0 Å².